The third-order valence-electron chi connectivity index (χ3n) is 3.63. The van der Waals surface area contributed by atoms with Crippen LogP contribution in [0.3, 0.4) is 0 Å². The van der Waals surface area contributed by atoms with E-state index >= 15 is 0 Å². The molecule has 1 aromatic rings. The van der Waals surface area contributed by atoms with Gasteiger partial charge in [-0.05, 0) is 42.7 Å². The molecule has 1 atom stereocenters. The van der Waals surface area contributed by atoms with Crippen molar-refractivity contribution in [3.05, 3.63) is 23.8 Å². The number of benzene rings is 1. The molecule has 80 valence electrons. The van der Waals surface area contributed by atoms with Gasteiger partial charge < -0.3 is 10.1 Å². The van der Waals surface area contributed by atoms with Crippen LogP contribution < -0.4 is 10.1 Å². The summed E-state index contributed by atoms with van der Waals surface area (Å²) in [6.45, 7) is 1.09. The van der Waals surface area contributed by atoms with E-state index in [0.717, 1.165) is 24.1 Å². The summed E-state index contributed by atoms with van der Waals surface area (Å²) in [6.07, 6.45) is 4.12. The van der Waals surface area contributed by atoms with Crippen LogP contribution in [0.4, 0.5) is 5.69 Å². The van der Waals surface area contributed by atoms with E-state index in [9.17, 15) is 0 Å². The van der Waals surface area contributed by atoms with Gasteiger partial charge in [0.25, 0.3) is 0 Å². The first-order valence-electron chi connectivity index (χ1n) is 5.81. The number of nitrogens with one attached hydrogen (secondary N) is 1. The molecule has 0 bridgehead atoms. The van der Waals surface area contributed by atoms with Crippen LogP contribution in [-0.2, 0) is 0 Å². The van der Waals surface area contributed by atoms with Crippen LogP contribution in [0.5, 0.6) is 5.75 Å². The van der Waals surface area contributed by atoms with Crippen molar-refractivity contribution in [2.45, 2.75) is 25.2 Å². The van der Waals surface area contributed by atoms with Crippen molar-refractivity contribution in [2.24, 2.45) is 5.92 Å². The van der Waals surface area contributed by atoms with E-state index in [-0.39, 0.29) is 0 Å². The molecule has 2 heteroatoms. The minimum atomic E-state index is 0.774. The summed E-state index contributed by atoms with van der Waals surface area (Å²) in [5, 5.41) is 3.47. The average Bonchev–Trinajstić information content (AvgIpc) is 3.11. The van der Waals surface area contributed by atoms with Gasteiger partial charge in [-0.3, -0.25) is 0 Å². The highest BCUT2D eigenvalue weighted by molar-refractivity contribution is 5.64. The number of ether oxygens (including phenoxy) is 1. The van der Waals surface area contributed by atoms with E-state index < -0.39 is 0 Å². The minimum Gasteiger partial charge on any atom is -0.495 e. The molecule has 1 unspecified atom stereocenters. The number of anilines is 1. The molecular weight excluding hydrogens is 186 g/mol. The van der Waals surface area contributed by atoms with Gasteiger partial charge in [0.05, 0.1) is 12.8 Å². The Labute approximate surface area is 90.6 Å². The fourth-order valence-electron chi connectivity index (χ4n) is 2.71. The lowest BCUT2D eigenvalue weighted by atomic mass is 9.87. The molecular formula is C13H17NO. The van der Waals surface area contributed by atoms with Crippen molar-refractivity contribution in [1.82, 2.24) is 0 Å². The van der Waals surface area contributed by atoms with Gasteiger partial charge in [0.15, 0.2) is 0 Å². The number of hydrogen-bond acceptors (Lipinski definition) is 2. The Hall–Kier alpha value is -1.18. The van der Waals surface area contributed by atoms with Gasteiger partial charge in [-0.25, -0.2) is 0 Å². The van der Waals surface area contributed by atoms with E-state index in [1.807, 2.05) is 6.07 Å². The van der Waals surface area contributed by atoms with Crippen LogP contribution in [0.25, 0.3) is 0 Å². The molecule has 0 saturated heterocycles. The maximum absolute atomic E-state index is 5.40. The lowest BCUT2D eigenvalue weighted by Gasteiger charge is -2.28. The summed E-state index contributed by atoms with van der Waals surface area (Å²) in [4.78, 5) is 0. The Morgan fingerprint density at radius 3 is 2.87 bits per heavy atom. The zero-order valence-electron chi connectivity index (χ0n) is 9.12. The molecule has 0 aromatic heterocycles. The normalized spacial score (nSPS) is 24.2. The second-order valence-electron chi connectivity index (χ2n) is 4.58. The van der Waals surface area contributed by atoms with Gasteiger partial charge in [0, 0.05) is 6.54 Å². The maximum Gasteiger partial charge on any atom is 0.142 e. The van der Waals surface area contributed by atoms with E-state index in [4.69, 9.17) is 4.74 Å². The third kappa shape index (κ3) is 1.48. The Balaban J connectivity index is 2.03. The molecule has 15 heavy (non-hydrogen) atoms. The number of fused-ring (bicyclic) bond motifs is 1. The number of rotatable bonds is 2. The fourth-order valence-corrected chi connectivity index (χ4v) is 2.71. The van der Waals surface area contributed by atoms with E-state index in [1.165, 1.54) is 30.5 Å². The lowest BCUT2D eigenvalue weighted by molar-refractivity contribution is 0.413. The number of methoxy groups -OCH3 is 1. The van der Waals surface area contributed by atoms with Gasteiger partial charge in [-0.15, -0.1) is 0 Å². The summed E-state index contributed by atoms with van der Waals surface area (Å²) < 4.78 is 5.40. The molecule has 1 aliphatic heterocycles. The Bertz CT molecular complexity index is 371. The molecule has 1 fully saturated rings. The molecule has 1 saturated carbocycles. The Morgan fingerprint density at radius 2 is 2.13 bits per heavy atom. The molecule has 1 N–H and O–H groups in total. The molecule has 3 rings (SSSR count). The highest BCUT2D eigenvalue weighted by Gasteiger charge is 2.35. The van der Waals surface area contributed by atoms with Gasteiger partial charge in [-0.1, -0.05) is 12.1 Å². The first-order valence-corrected chi connectivity index (χ1v) is 5.81. The molecule has 2 aliphatic rings. The second kappa shape index (κ2) is 3.44. The topological polar surface area (TPSA) is 21.3 Å². The Morgan fingerprint density at radius 1 is 1.27 bits per heavy atom. The van der Waals surface area contributed by atoms with E-state index in [2.05, 4.69) is 17.4 Å². The fraction of sp³-hybridized carbons (Fsp3) is 0.538. The van der Waals surface area contributed by atoms with Crippen molar-refractivity contribution in [2.75, 3.05) is 19.0 Å². The maximum atomic E-state index is 5.40. The van der Waals surface area contributed by atoms with Crippen LogP contribution in [0.2, 0.25) is 0 Å². The van der Waals surface area contributed by atoms with Crippen LogP contribution in [-0.4, -0.2) is 13.7 Å². The van der Waals surface area contributed by atoms with Crippen LogP contribution in [0, 0.1) is 5.92 Å². The summed E-state index contributed by atoms with van der Waals surface area (Å²) in [6, 6.07) is 6.41. The highest BCUT2D eigenvalue weighted by Crippen LogP contribution is 2.49. The summed E-state index contributed by atoms with van der Waals surface area (Å²) >= 11 is 0. The first kappa shape index (κ1) is 9.08. The predicted octanol–water partition coefficient (Wildman–Crippen LogP) is 3.00. The zero-order chi connectivity index (χ0) is 10.3. The van der Waals surface area contributed by atoms with Crippen molar-refractivity contribution in [3.8, 4) is 5.75 Å². The monoisotopic (exact) mass is 203 g/mol. The van der Waals surface area contributed by atoms with Crippen LogP contribution >= 0.6 is 0 Å². The molecule has 2 nitrogen and oxygen atoms in total. The SMILES string of the molecule is COc1cccc2c1NCCC2C1CC1. The van der Waals surface area contributed by atoms with Gasteiger partial charge in [0.1, 0.15) is 5.75 Å². The van der Waals surface area contributed by atoms with Crippen LogP contribution in [0.15, 0.2) is 18.2 Å². The first-order chi connectivity index (χ1) is 7.40. The molecule has 0 spiro atoms. The smallest absolute Gasteiger partial charge is 0.142 e. The lowest BCUT2D eigenvalue weighted by Crippen LogP contribution is -2.18. The average molecular weight is 203 g/mol. The quantitative estimate of drug-likeness (QED) is 0.797. The van der Waals surface area contributed by atoms with Gasteiger partial charge in [-0.2, -0.15) is 0 Å². The van der Waals surface area contributed by atoms with Crippen molar-refractivity contribution >= 4 is 5.69 Å². The minimum absolute atomic E-state index is 0.774. The van der Waals surface area contributed by atoms with Gasteiger partial charge >= 0.3 is 0 Å². The summed E-state index contributed by atoms with van der Waals surface area (Å²) in [5.74, 6) is 2.71. The zero-order valence-corrected chi connectivity index (χ0v) is 9.12. The summed E-state index contributed by atoms with van der Waals surface area (Å²) in [7, 11) is 1.75. The molecule has 1 aliphatic carbocycles. The molecule has 1 aromatic carbocycles. The molecule has 0 radical (unpaired) electrons. The summed E-state index contributed by atoms with van der Waals surface area (Å²) in [5.41, 5.74) is 2.71. The van der Waals surface area contributed by atoms with Crippen molar-refractivity contribution in [3.63, 3.8) is 0 Å². The van der Waals surface area contributed by atoms with E-state index in [1.54, 1.807) is 7.11 Å². The molecule has 0 amide bonds. The molecule has 1 heterocycles. The predicted molar refractivity (Wildman–Crippen MR) is 61.6 cm³/mol. The van der Waals surface area contributed by atoms with Crippen molar-refractivity contribution < 1.29 is 4.74 Å². The standard InChI is InChI=1S/C13H17NO/c1-15-12-4-2-3-11-10(9-5-6-9)7-8-14-13(11)12/h2-4,9-10,14H,5-8H2,1H3. The van der Waals surface area contributed by atoms with Crippen molar-refractivity contribution in [1.29, 1.82) is 0 Å². The number of para-hydroxylation sites is 1. The number of hydrogen-bond donors (Lipinski definition) is 1. The Kier molecular flexibility index (Phi) is 2.08. The largest absolute Gasteiger partial charge is 0.495 e. The van der Waals surface area contributed by atoms with Crippen LogP contribution in [0.1, 0.15) is 30.7 Å². The second-order valence-corrected chi connectivity index (χ2v) is 4.58. The third-order valence-corrected chi connectivity index (χ3v) is 3.63. The highest BCUT2D eigenvalue weighted by atomic mass is 16.5. The van der Waals surface area contributed by atoms with E-state index in [0.29, 0.717) is 0 Å². The van der Waals surface area contributed by atoms with Gasteiger partial charge in [0.2, 0.25) is 0 Å².